The van der Waals surface area contributed by atoms with Crippen LogP contribution in [0, 0.1) is 0 Å². The van der Waals surface area contributed by atoms with Crippen LogP contribution in [0.5, 0.6) is 0 Å². The molecule has 3 N–H and O–H groups in total. The Morgan fingerprint density at radius 1 is 1.44 bits per heavy atom. The minimum Gasteiger partial charge on any atom is -0.325 e. The molecule has 0 saturated heterocycles. The second-order valence-corrected chi connectivity index (χ2v) is 3.96. The zero-order valence-electron chi connectivity index (χ0n) is 8.38. The molecule has 0 aromatic carbocycles. The van der Waals surface area contributed by atoms with Crippen LogP contribution in [-0.4, -0.2) is 15.9 Å². The van der Waals surface area contributed by atoms with Crippen LogP contribution in [0.2, 0.25) is 0 Å². The highest BCUT2D eigenvalue weighted by molar-refractivity contribution is 7.09. The first-order chi connectivity index (χ1) is 7.79. The van der Waals surface area contributed by atoms with E-state index >= 15 is 0 Å². The summed E-state index contributed by atoms with van der Waals surface area (Å²) >= 11 is 1.38. The van der Waals surface area contributed by atoms with Crippen LogP contribution < -0.4 is 11.1 Å². The van der Waals surface area contributed by atoms with Crippen molar-refractivity contribution in [3.63, 3.8) is 0 Å². The SMILES string of the molecule is NCc1nc(C(=O)Nc2ccncc2)cs1. The Hall–Kier alpha value is -1.79. The van der Waals surface area contributed by atoms with E-state index in [9.17, 15) is 4.79 Å². The number of hydrogen-bond acceptors (Lipinski definition) is 5. The Kier molecular flexibility index (Phi) is 3.23. The van der Waals surface area contributed by atoms with E-state index in [0.29, 0.717) is 17.9 Å². The van der Waals surface area contributed by atoms with Crippen molar-refractivity contribution in [1.82, 2.24) is 9.97 Å². The fourth-order valence-electron chi connectivity index (χ4n) is 1.14. The largest absolute Gasteiger partial charge is 0.325 e. The van der Waals surface area contributed by atoms with Crippen molar-refractivity contribution in [2.75, 3.05) is 5.32 Å². The summed E-state index contributed by atoms with van der Waals surface area (Å²) in [4.78, 5) is 19.7. The molecule has 0 radical (unpaired) electrons. The van der Waals surface area contributed by atoms with Gasteiger partial charge in [-0.15, -0.1) is 11.3 Å². The highest BCUT2D eigenvalue weighted by Crippen LogP contribution is 2.11. The Bertz CT molecular complexity index is 483. The summed E-state index contributed by atoms with van der Waals surface area (Å²) in [5.41, 5.74) is 6.51. The summed E-state index contributed by atoms with van der Waals surface area (Å²) < 4.78 is 0. The first kappa shape index (κ1) is 10.7. The molecule has 0 bridgehead atoms. The van der Waals surface area contributed by atoms with E-state index < -0.39 is 0 Å². The molecule has 0 aliphatic heterocycles. The number of aromatic nitrogens is 2. The quantitative estimate of drug-likeness (QED) is 0.837. The number of thiazole rings is 1. The van der Waals surface area contributed by atoms with Gasteiger partial charge in [-0.25, -0.2) is 4.98 Å². The monoisotopic (exact) mass is 234 g/mol. The number of hydrogen-bond donors (Lipinski definition) is 2. The molecule has 2 aromatic rings. The van der Waals surface area contributed by atoms with E-state index in [2.05, 4.69) is 15.3 Å². The topological polar surface area (TPSA) is 80.9 Å². The standard InChI is InChI=1S/C10H10N4OS/c11-5-9-14-8(6-16-9)10(15)13-7-1-3-12-4-2-7/h1-4,6H,5,11H2,(H,12,13,15). The number of nitrogens with zero attached hydrogens (tertiary/aromatic N) is 2. The molecule has 2 heterocycles. The lowest BCUT2D eigenvalue weighted by Gasteiger charge is -2.01. The average molecular weight is 234 g/mol. The molecular formula is C10H10N4OS. The molecule has 0 fully saturated rings. The van der Waals surface area contributed by atoms with Gasteiger partial charge in [0.15, 0.2) is 0 Å². The number of carbonyl (C=O) groups is 1. The van der Waals surface area contributed by atoms with Gasteiger partial charge in [0.2, 0.25) is 0 Å². The molecule has 0 atom stereocenters. The van der Waals surface area contributed by atoms with Crippen molar-refractivity contribution in [2.24, 2.45) is 5.73 Å². The maximum Gasteiger partial charge on any atom is 0.275 e. The van der Waals surface area contributed by atoms with Gasteiger partial charge in [0.05, 0.1) is 0 Å². The molecule has 2 rings (SSSR count). The van der Waals surface area contributed by atoms with Crippen molar-refractivity contribution in [3.05, 3.63) is 40.6 Å². The summed E-state index contributed by atoms with van der Waals surface area (Å²) in [6, 6.07) is 3.43. The third-order valence-corrected chi connectivity index (χ3v) is 2.77. The summed E-state index contributed by atoms with van der Waals surface area (Å²) in [7, 11) is 0. The predicted molar refractivity (Wildman–Crippen MR) is 62.2 cm³/mol. The van der Waals surface area contributed by atoms with E-state index in [-0.39, 0.29) is 5.91 Å². The molecule has 2 aromatic heterocycles. The molecule has 0 unspecified atom stereocenters. The lowest BCUT2D eigenvalue weighted by atomic mass is 10.4. The van der Waals surface area contributed by atoms with Gasteiger partial charge < -0.3 is 11.1 Å². The number of rotatable bonds is 3. The number of nitrogens with two attached hydrogens (primary N) is 1. The first-order valence-electron chi connectivity index (χ1n) is 4.65. The molecule has 1 amide bonds. The van der Waals surface area contributed by atoms with Crippen molar-refractivity contribution in [3.8, 4) is 0 Å². The number of carbonyl (C=O) groups excluding carboxylic acids is 1. The summed E-state index contributed by atoms with van der Waals surface area (Å²) in [6.45, 7) is 0.354. The van der Waals surface area contributed by atoms with Crippen molar-refractivity contribution < 1.29 is 4.79 Å². The van der Waals surface area contributed by atoms with Gasteiger partial charge in [-0.3, -0.25) is 9.78 Å². The highest BCUT2D eigenvalue weighted by Gasteiger charge is 2.09. The maximum atomic E-state index is 11.7. The van der Waals surface area contributed by atoms with Crippen LogP contribution in [0.3, 0.4) is 0 Å². The molecule has 6 heteroatoms. The van der Waals surface area contributed by atoms with E-state index in [0.717, 1.165) is 5.01 Å². The van der Waals surface area contributed by atoms with Crippen molar-refractivity contribution in [1.29, 1.82) is 0 Å². The van der Waals surface area contributed by atoms with Gasteiger partial charge in [0.25, 0.3) is 5.91 Å². The third-order valence-electron chi connectivity index (χ3n) is 1.90. The Balaban J connectivity index is 2.09. The fourth-order valence-corrected chi connectivity index (χ4v) is 1.79. The van der Waals surface area contributed by atoms with Crippen LogP contribution in [-0.2, 0) is 6.54 Å². The molecule has 0 aliphatic carbocycles. The zero-order valence-corrected chi connectivity index (χ0v) is 9.20. The zero-order chi connectivity index (χ0) is 11.4. The maximum absolute atomic E-state index is 11.7. The normalized spacial score (nSPS) is 10.1. The molecular weight excluding hydrogens is 224 g/mol. The van der Waals surface area contributed by atoms with E-state index in [1.54, 1.807) is 29.9 Å². The molecule has 0 spiro atoms. The minimum absolute atomic E-state index is 0.234. The van der Waals surface area contributed by atoms with Crippen LogP contribution in [0.15, 0.2) is 29.9 Å². The molecule has 16 heavy (non-hydrogen) atoms. The van der Waals surface area contributed by atoms with Crippen LogP contribution in [0.25, 0.3) is 0 Å². The Morgan fingerprint density at radius 3 is 2.81 bits per heavy atom. The Labute approximate surface area is 96.3 Å². The lowest BCUT2D eigenvalue weighted by Crippen LogP contribution is -2.12. The number of amides is 1. The second kappa shape index (κ2) is 4.82. The predicted octanol–water partition coefficient (Wildman–Crippen LogP) is 1.25. The van der Waals surface area contributed by atoms with Crippen molar-refractivity contribution in [2.45, 2.75) is 6.54 Å². The van der Waals surface area contributed by atoms with Crippen LogP contribution in [0.1, 0.15) is 15.5 Å². The van der Waals surface area contributed by atoms with Crippen LogP contribution in [0.4, 0.5) is 5.69 Å². The number of anilines is 1. The second-order valence-electron chi connectivity index (χ2n) is 3.02. The van der Waals surface area contributed by atoms with Gasteiger partial charge in [0, 0.05) is 30.0 Å². The fraction of sp³-hybridized carbons (Fsp3) is 0.100. The summed E-state index contributed by atoms with van der Waals surface area (Å²) in [5.74, 6) is -0.234. The molecule has 5 nitrogen and oxygen atoms in total. The lowest BCUT2D eigenvalue weighted by molar-refractivity contribution is 0.102. The number of pyridine rings is 1. The van der Waals surface area contributed by atoms with Crippen LogP contribution >= 0.6 is 11.3 Å². The van der Waals surface area contributed by atoms with Gasteiger partial charge in [-0.05, 0) is 12.1 Å². The number of nitrogens with one attached hydrogen (secondary N) is 1. The van der Waals surface area contributed by atoms with Gasteiger partial charge >= 0.3 is 0 Å². The van der Waals surface area contributed by atoms with Gasteiger partial charge in [-0.1, -0.05) is 0 Å². The summed E-state index contributed by atoms with van der Waals surface area (Å²) in [5, 5.41) is 5.16. The molecule has 0 aliphatic rings. The summed E-state index contributed by atoms with van der Waals surface area (Å²) in [6.07, 6.45) is 3.23. The minimum atomic E-state index is -0.234. The highest BCUT2D eigenvalue weighted by atomic mass is 32.1. The smallest absolute Gasteiger partial charge is 0.275 e. The Morgan fingerprint density at radius 2 is 2.19 bits per heavy atom. The average Bonchev–Trinajstić information content (AvgIpc) is 2.79. The van der Waals surface area contributed by atoms with Gasteiger partial charge in [0.1, 0.15) is 10.7 Å². The first-order valence-corrected chi connectivity index (χ1v) is 5.53. The van der Waals surface area contributed by atoms with E-state index in [4.69, 9.17) is 5.73 Å². The van der Waals surface area contributed by atoms with Gasteiger partial charge in [-0.2, -0.15) is 0 Å². The molecule has 0 saturated carbocycles. The van der Waals surface area contributed by atoms with E-state index in [1.807, 2.05) is 0 Å². The van der Waals surface area contributed by atoms with Crippen molar-refractivity contribution >= 4 is 22.9 Å². The molecule has 82 valence electrons. The van der Waals surface area contributed by atoms with E-state index in [1.165, 1.54) is 11.3 Å². The third kappa shape index (κ3) is 2.41.